The van der Waals surface area contributed by atoms with Crippen LogP contribution in [0.5, 0.6) is 0 Å². The van der Waals surface area contributed by atoms with Crippen LogP contribution in [0, 0.1) is 0 Å². The lowest BCUT2D eigenvalue weighted by Gasteiger charge is -2.05. The largest absolute Gasteiger partial charge is 0.326 e. The van der Waals surface area contributed by atoms with E-state index in [9.17, 15) is 0 Å². The van der Waals surface area contributed by atoms with Crippen LogP contribution in [0.25, 0.3) is 10.9 Å². The molecule has 0 unspecified atom stereocenters. The van der Waals surface area contributed by atoms with Crippen molar-refractivity contribution in [2.45, 2.75) is 19.9 Å². The van der Waals surface area contributed by atoms with E-state index in [0.29, 0.717) is 11.7 Å². The Morgan fingerprint density at radius 3 is 2.80 bits per heavy atom. The lowest BCUT2D eigenvalue weighted by Crippen LogP contribution is -1.96. The second-order valence-electron chi connectivity index (χ2n) is 3.52. The normalized spacial score (nSPS) is 10.9. The summed E-state index contributed by atoms with van der Waals surface area (Å²) in [4.78, 5) is 4.35. The third kappa shape index (κ3) is 1.96. The lowest BCUT2D eigenvalue weighted by atomic mass is 10.1. The number of hydrogen-bond donors (Lipinski definition) is 1. The molecule has 0 aliphatic heterocycles. The second-order valence-corrected chi connectivity index (χ2v) is 3.88. The van der Waals surface area contributed by atoms with Gasteiger partial charge in [-0.05, 0) is 35.7 Å². The molecule has 0 aliphatic carbocycles. The SMILES string of the molecule is CCc1cc2cc(CN)ccc2nc1Cl. The molecule has 0 amide bonds. The smallest absolute Gasteiger partial charge is 0.132 e. The first-order valence-corrected chi connectivity index (χ1v) is 5.40. The van der Waals surface area contributed by atoms with Gasteiger partial charge in [0.25, 0.3) is 0 Å². The van der Waals surface area contributed by atoms with Gasteiger partial charge in [-0.2, -0.15) is 0 Å². The van der Waals surface area contributed by atoms with Crippen molar-refractivity contribution >= 4 is 22.5 Å². The van der Waals surface area contributed by atoms with Gasteiger partial charge in [-0.15, -0.1) is 0 Å². The fourth-order valence-corrected chi connectivity index (χ4v) is 1.90. The summed E-state index contributed by atoms with van der Waals surface area (Å²) in [6, 6.07) is 8.10. The van der Waals surface area contributed by atoms with Gasteiger partial charge in [0.1, 0.15) is 5.15 Å². The van der Waals surface area contributed by atoms with Crippen molar-refractivity contribution < 1.29 is 0 Å². The molecule has 2 nitrogen and oxygen atoms in total. The predicted molar refractivity (Wildman–Crippen MR) is 64.0 cm³/mol. The van der Waals surface area contributed by atoms with Crippen LogP contribution in [0.15, 0.2) is 24.3 Å². The molecule has 1 aromatic heterocycles. The Morgan fingerprint density at radius 1 is 1.33 bits per heavy atom. The van der Waals surface area contributed by atoms with Crippen molar-refractivity contribution in [2.24, 2.45) is 5.73 Å². The maximum Gasteiger partial charge on any atom is 0.132 e. The number of fused-ring (bicyclic) bond motifs is 1. The lowest BCUT2D eigenvalue weighted by molar-refractivity contribution is 1.07. The molecule has 2 aromatic rings. The summed E-state index contributed by atoms with van der Waals surface area (Å²) in [6.07, 6.45) is 0.897. The van der Waals surface area contributed by atoms with Crippen LogP contribution in [0.2, 0.25) is 5.15 Å². The Morgan fingerprint density at radius 2 is 2.13 bits per heavy atom. The zero-order valence-electron chi connectivity index (χ0n) is 8.63. The Bertz CT molecular complexity index is 494. The van der Waals surface area contributed by atoms with Crippen LogP contribution < -0.4 is 5.73 Å². The molecule has 0 saturated carbocycles. The molecule has 0 fully saturated rings. The molecule has 0 atom stereocenters. The van der Waals surface area contributed by atoms with E-state index in [1.54, 1.807) is 0 Å². The van der Waals surface area contributed by atoms with Gasteiger partial charge in [0.15, 0.2) is 0 Å². The molecule has 1 heterocycles. The van der Waals surface area contributed by atoms with E-state index >= 15 is 0 Å². The summed E-state index contributed by atoms with van der Waals surface area (Å²) >= 11 is 6.04. The van der Waals surface area contributed by atoms with Crippen molar-refractivity contribution in [1.29, 1.82) is 0 Å². The number of aromatic nitrogens is 1. The maximum atomic E-state index is 6.04. The van der Waals surface area contributed by atoms with Crippen LogP contribution in [-0.4, -0.2) is 4.98 Å². The first-order valence-electron chi connectivity index (χ1n) is 5.02. The van der Waals surface area contributed by atoms with Crippen LogP contribution in [0.4, 0.5) is 0 Å². The summed E-state index contributed by atoms with van der Waals surface area (Å²) < 4.78 is 0. The highest BCUT2D eigenvalue weighted by Crippen LogP contribution is 2.21. The van der Waals surface area contributed by atoms with Gasteiger partial charge >= 0.3 is 0 Å². The number of pyridine rings is 1. The van der Waals surface area contributed by atoms with Gasteiger partial charge in [0.2, 0.25) is 0 Å². The summed E-state index contributed by atoms with van der Waals surface area (Å²) in [5.74, 6) is 0. The van der Waals surface area contributed by atoms with Gasteiger partial charge in [0, 0.05) is 11.9 Å². The second kappa shape index (κ2) is 4.17. The molecule has 0 radical (unpaired) electrons. The van der Waals surface area contributed by atoms with Gasteiger partial charge in [-0.3, -0.25) is 0 Å². The summed E-state index contributed by atoms with van der Waals surface area (Å²) in [6.45, 7) is 2.63. The summed E-state index contributed by atoms with van der Waals surface area (Å²) in [7, 11) is 0. The molecule has 2 N–H and O–H groups in total. The van der Waals surface area contributed by atoms with E-state index < -0.39 is 0 Å². The van der Waals surface area contributed by atoms with Crippen molar-refractivity contribution in [1.82, 2.24) is 4.98 Å². The van der Waals surface area contributed by atoms with E-state index in [1.807, 2.05) is 12.1 Å². The van der Waals surface area contributed by atoms with Crippen LogP contribution >= 0.6 is 11.6 Å². The van der Waals surface area contributed by atoms with Crippen molar-refractivity contribution in [3.05, 3.63) is 40.5 Å². The molecule has 0 spiro atoms. The van der Waals surface area contributed by atoms with E-state index in [0.717, 1.165) is 28.5 Å². The number of hydrogen-bond acceptors (Lipinski definition) is 2. The Balaban J connectivity index is 2.66. The monoisotopic (exact) mass is 220 g/mol. The van der Waals surface area contributed by atoms with E-state index in [2.05, 4.69) is 24.0 Å². The van der Waals surface area contributed by atoms with Gasteiger partial charge in [0.05, 0.1) is 5.52 Å². The quantitative estimate of drug-likeness (QED) is 0.791. The Hall–Kier alpha value is -1.12. The minimum absolute atomic E-state index is 0.556. The van der Waals surface area contributed by atoms with Crippen LogP contribution in [-0.2, 0) is 13.0 Å². The van der Waals surface area contributed by atoms with Crippen molar-refractivity contribution in [3.8, 4) is 0 Å². The molecule has 78 valence electrons. The third-order valence-electron chi connectivity index (χ3n) is 2.52. The van der Waals surface area contributed by atoms with Crippen LogP contribution in [0.1, 0.15) is 18.1 Å². The maximum absolute atomic E-state index is 6.04. The van der Waals surface area contributed by atoms with Crippen molar-refractivity contribution in [3.63, 3.8) is 0 Å². The molecule has 1 aromatic carbocycles. The molecule has 3 heteroatoms. The predicted octanol–water partition coefficient (Wildman–Crippen LogP) is 2.91. The minimum Gasteiger partial charge on any atom is -0.326 e. The number of nitrogens with zero attached hydrogens (tertiary/aromatic N) is 1. The highest BCUT2D eigenvalue weighted by atomic mass is 35.5. The summed E-state index contributed by atoms with van der Waals surface area (Å²) in [5, 5.41) is 1.71. The van der Waals surface area contributed by atoms with Crippen molar-refractivity contribution in [2.75, 3.05) is 0 Å². The zero-order chi connectivity index (χ0) is 10.8. The Labute approximate surface area is 94.1 Å². The third-order valence-corrected chi connectivity index (χ3v) is 2.85. The van der Waals surface area contributed by atoms with E-state index in [-0.39, 0.29) is 0 Å². The average molecular weight is 221 g/mol. The Kier molecular flexibility index (Phi) is 2.89. The van der Waals surface area contributed by atoms with E-state index in [4.69, 9.17) is 17.3 Å². The molecular weight excluding hydrogens is 208 g/mol. The van der Waals surface area contributed by atoms with Crippen LogP contribution in [0.3, 0.4) is 0 Å². The minimum atomic E-state index is 0.556. The number of halogens is 1. The van der Waals surface area contributed by atoms with Gasteiger partial charge < -0.3 is 5.73 Å². The number of rotatable bonds is 2. The number of nitrogens with two attached hydrogens (primary N) is 1. The van der Waals surface area contributed by atoms with E-state index in [1.165, 1.54) is 0 Å². The molecular formula is C12H13ClN2. The highest BCUT2D eigenvalue weighted by molar-refractivity contribution is 6.30. The first-order chi connectivity index (χ1) is 7.24. The number of benzene rings is 1. The molecule has 0 aliphatic rings. The first kappa shape index (κ1) is 10.4. The molecule has 0 bridgehead atoms. The summed E-state index contributed by atoms with van der Waals surface area (Å²) in [5.41, 5.74) is 8.72. The number of aryl methyl sites for hydroxylation is 1. The molecule has 0 saturated heterocycles. The topological polar surface area (TPSA) is 38.9 Å². The van der Waals surface area contributed by atoms with Gasteiger partial charge in [-0.1, -0.05) is 24.6 Å². The average Bonchev–Trinajstić information content (AvgIpc) is 2.27. The molecule has 2 rings (SSSR count). The fourth-order valence-electron chi connectivity index (χ4n) is 1.62. The molecule has 15 heavy (non-hydrogen) atoms. The zero-order valence-corrected chi connectivity index (χ0v) is 9.38. The standard InChI is InChI=1S/C12H13ClN2/c1-2-9-6-10-5-8(7-14)3-4-11(10)15-12(9)13/h3-6H,2,7,14H2,1H3. The fraction of sp³-hybridized carbons (Fsp3) is 0.250. The van der Waals surface area contributed by atoms with Gasteiger partial charge in [-0.25, -0.2) is 4.98 Å². The highest BCUT2D eigenvalue weighted by Gasteiger charge is 2.03.